The minimum atomic E-state index is -1.34. The zero-order valence-electron chi connectivity index (χ0n) is 36.4. The van der Waals surface area contributed by atoms with E-state index >= 15 is 8.78 Å². The molecule has 2 aromatic carbocycles. The smallest absolute Gasteiger partial charge is 0.245 e. The minimum Gasteiger partial charge on any atom is -0.352 e. The SMILES string of the molecule is CNC(C)C(=O)NC(C(=O)N1CC(F)CC1Cc1c(-c2nc3cc(F)ccc3n2CC2CC(F)CN2C(=O)C(NC(=O)C(C)NC)C2CC2)[nH]c2cc(F)ccc12)C1CCCCC1. The van der Waals surface area contributed by atoms with Gasteiger partial charge in [0.1, 0.15) is 36.1 Å². The van der Waals surface area contributed by atoms with Gasteiger partial charge in [0.25, 0.3) is 0 Å². The van der Waals surface area contributed by atoms with Crippen molar-refractivity contribution >= 4 is 45.6 Å². The number of carbonyl (C=O) groups excluding carboxylic acids is 4. The molecule has 17 heteroatoms. The summed E-state index contributed by atoms with van der Waals surface area (Å²) in [6.45, 7) is 3.15. The second-order valence-corrected chi connectivity index (χ2v) is 18.2. The molecule has 5 N–H and O–H groups in total. The Kier molecular flexibility index (Phi) is 13.2. The average molecular weight is 878 g/mol. The zero-order chi connectivity index (χ0) is 44.7. The second kappa shape index (κ2) is 18.6. The number of hydrogen-bond donors (Lipinski definition) is 5. The standard InChI is InChI=1S/C46H59F4N9O4/c1-24(51-3)43(60)55-39(26-8-6-5-7-9-26)45(62)57-21-30(49)16-32(57)20-35-34-14-12-28(47)18-36(34)53-41(35)42-54-37-19-29(48)13-15-38(37)59(42)23-33-17-31(50)22-58(33)46(63)40(27-10-11-27)56-44(61)25(2)52-4/h12-15,18-19,24-27,30-33,39-40,51-53H,5-11,16-17,20-23H2,1-4H3,(H,55,60)(H,56,61). The van der Waals surface area contributed by atoms with E-state index in [1.165, 1.54) is 29.2 Å². The molecule has 4 aliphatic rings. The number of carbonyl (C=O) groups is 4. The number of amides is 4. The van der Waals surface area contributed by atoms with Crippen molar-refractivity contribution in [2.24, 2.45) is 11.8 Å². The van der Waals surface area contributed by atoms with E-state index in [9.17, 15) is 28.0 Å². The number of benzene rings is 2. The fraction of sp³-hybridized carbons (Fsp3) is 0.587. The number of likely N-dealkylation sites (tertiary alicyclic amines) is 2. The third-order valence-corrected chi connectivity index (χ3v) is 13.9. The van der Waals surface area contributed by atoms with E-state index in [-0.39, 0.29) is 74.4 Å². The Labute approximate surface area is 364 Å². The van der Waals surface area contributed by atoms with Crippen molar-refractivity contribution < 1.29 is 36.7 Å². The third kappa shape index (κ3) is 9.31. The monoisotopic (exact) mass is 877 g/mol. The van der Waals surface area contributed by atoms with Gasteiger partial charge in [-0.3, -0.25) is 19.2 Å². The fourth-order valence-corrected chi connectivity index (χ4v) is 10.0. The van der Waals surface area contributed by atoms with Crippen LogP contribution in [0.4, 0.5) is 17.6 Å². The highest BCUT2D eigenvalue weighted by Gasteiger charge is 2.46. The molecule has 8 rings (SSSR count). The molecule has 4 amide bonds. The van der Waals surface area contributed by atoms with Crippen molar-refractivity contribution in [2.75, 3.05) is 27.2 Å². The summed E-state index contributed by atoms with van der Waals surface area (Å²) in [5, 5.41) is 12.4. The van der Waals surface area contributed by atoms with Gasteiger partial charge in [0.05, 0.1) is 47.9 Å². The van der Waals surface area contributed by atoms with Crippen LogP contribution in [0.1, 0.15) is 77.2 Å². The highest BCUT2D eigenvalue weighted by atomic mass is 19.1. The topological polar surface area (TPSA) is 156 Å². The molecule has 8 unspecified atom stereocenters. The summed E-state index contributed by atoms with van der Waals surface area (Å²) in [7, 11) is 3.32. The summed E-state index contributed by atoms with van der Waals surface area (Å²) in [5.74, 6) is -2.25. The van der Waals surface area contributed by atoms with Crippen LogP contribution < -0.4 is 21.3 Å². The Hall–Kier alpha value is -5.03. The Morgan fingerprint density at radius 3 is 1.92 bits per heavy atom. The summed E-state index contributed by atoms with van der Waals surface area (Å²) >= 11 is 0. The number of aromatic amines is 1. The van der Waals surface area contributed by atoms with Crippen molar-refractivity contribution in [3.63, 3.8) is 0 Å². The Morgan fingerprint density at radius 1 is 0.762 bits per heavy atom. The van der Waals surface area contributed by atoms with Crippen LogP contribution in [0.3, 0.4) is 0 Å². The summed E-state index contributed by atoms with van der Waals surface area (Å²) in [6, 6.07) is 4.37. The normalized spacial score (nSPS) is 23.9. The van der Waals surface area contributed by atoms with E-state index < -0.39 is 60.2 Å². The van der Waals surface area contributed by atoms with Crippen LogP contribution >= 0.6 is 0 Å². The van der Waals surface area contributed by atoms with Gasteiger partial charge in [-0.2, -0.15) is 0 Å². The van der Waals surface area contributed by atoms with Gasteiger partial charge in [-0.15, -0.1) is 0 Å². The molecule has 63 heavy (non-hydrogen) atoms. The molecule has 13 nitrogen and oxygen atoms in total. The number of likely N-dealkylation sites (N-methyl/N-ethyl adjacent to an activating group) is 2. The lowest BCUT2D eigenvalue weighted by Gasteiger charge is -2.35. The van der Waals surface area contributed by atoms with Crippen LogP contribution in [0.15, 0.2) is 36.4 Å². The Morgan fingerprint density at radius 2 is 1.32 bits per heavy atom. The number of fused-ring (bicyclic) bond motifs is 2. The van der Waals surface area contributed by atoms with Crippen LogP contribution in [-0.4, -0.2) is 124 Å². The molecule has 8 atom stereocenters. The first-order valence-electron chi connectivity index (χ1n) is 22.5. The highest BCUT2D eigenvalue weighted by molar-refractivity contribution is 5.93. The summed E-state index contributed by atoms with van der Waals surface area (Å²) < 4.78 is 62.8. The first-order valence-corrected chi connectivity index (χ1v) is 22.5. The molecule has 2 saturated heterocycles. The number of imidazole rings is 1. The summed E-state index contributed by atoms with van der Waals surface area (Å²) in [4.78, 5) is 66.5. The lowest BCUT2D eigenvalue weighted by atomic mass is 9.83. The molecular formula is C46H59F4N9O4. The Bertz CT molecular complexity index is 2340. The molecule has 0 bridgehead atoms. The van der Waals surface area contributed by atoms with E-state index in [2.05, 4.69) is 26.3 Å². The second-order valence-electron chi connectivity index (χ2n) is 18.2. The molecule has 0 spiro atoms. The molecule has 4 heterocycles. The average Bonchev–Trinajstić information content (AvgIpc) is 3.64. The molecule has 2 aromatic heterocycles. The third-order valence-electron chi connectivity index (χ3n) is 13.9. The minimum absolute atomic E-state index is 0.0118. The molecule has 4 fully saturated rings. The number of rotatable bonds is 15. The van der Waals surface area contributed by atoms with Gasteiger partial charge in [0.2, 0.25) is 23.6 Å². The maximum atomic E-state index is 15.7. The summed E-state index contributed by atoms with van der Waals surface area (Å²) in [6.07, 6.45) is 3.43. The molecule has 2 aliphatic carbocycles. The van der Waals surface area contributed by atoms with E-state index in [1.54, 1.807) is 45.0 Å². The van der Waals surface area contributed by atoms with Gasteiger partial charge in [-0.25, -0.2) is 22.5 Å². The van der Waals surface area contributed by atoms with Gasteiger partial charge < -0.3 is 40.6 Å². The Balaban J connectivity index is 1.16. The lowest BCUT2D eigenvalue weighted by molar-refractivity contribution is -0.139. The number of H-pyrrole nitrogens is 1. The van der Waals surface area contributed by atoms with Gasteiger partial charge in [0, 0.05) is 42.4 Å². The fourth-order valence-electron chi connectivity index (χ4n) is 10.0. The van der Waals surface area contributed by atoms with Gasteiger partial charge in [-0.05, 0) is 108 Å². The predicted octanol–water partition coefficient (Wildman–Crippen LogP) is 5.06. The number of halogens is 4. The molecular weight excluding hydrogens is 819 g/mol. The van der Waals surface area contributed by atoms with Gasteiger partial charge >= 0.3 is 0 Å². The first-order chi connectivity index (χ1) is 30.2. The number of hydrogen-bond acceptors (Lipinski definition) is 7. The number of aromatic nitrogens is 3. The molecule has 340 valence electrons. The zero-order valence-corrected chi connectivity index (χ0v) is 36.4. The van der Waals surface area contributed by atoms with E-state index in [0.717, 1.165) is 44.9 Å². The predicted molar refractivity (Wildman–Crippen MR) is 231 cm³/mol. The molecule has 2 saturated carbocycles. The summed E-state index contributed by atoms with van der Waals surface area (Å²) in [5.41, 5.74) is 2.28. The van der Waals surface area contributed by atoms with Crippen LogP contribution in [0.25, 0.3) is 33.5 Å². The largest absolute Gasteiger partial charge is 0.352 e. The van der Waals surface area contributed by atoms with Gasteiger partial charge in [0.15, 0.2) is 5.82 Å². The van der Waals surface area contributed by atoms with Crippen molar-refractivity contribution in [2.45, 2.75) is 133 Å². The lowest BCUT2D eigenvalue weighted by Crippen LogP contribution is -2.56. The molecule has 0 radical (unpaired) electrons. The van der Waals surface area contributed by atoms with Crippen LogP contribution in [0.2, 0.25) is 0 Å². The van der Waals surface area contributed by atoms with E-state index in [4.69, 9.17) is 4.98 Å². The van der Waals surface area contributed by atoms with Crippen molar-refractivity contribution in [1.29, 1.82) is 0 Å². The van der Waals surface area contributed by atoms with Crippen LogP contribution in [0, 0.1) is 23.5 Å². The van der Waals surface area contributed by atoms with E-state index in [0.29, 0.717) is 39.0 Å². The molecule has 2 aliphatic heterocycles. The highest BCUT2D eigenvalue weighted by Crippen LogP contribution is 2.39. The first kappa shape index (κ1) is 44.6. The van der Waals surface area contributed by atoms with Crippen molar-refractivity contribution in [1.82, 2.24) is 45.6 Å². The van der Waals surface area contributed by atoms with Crippen molar-refractivity contribution in [3.05, 3.63) is 53.6 Å². The van der Waals surface area contributed by atoms with Gasteiger partial charge in [-0.1, -0.05) is 19.3 Å². The maximum Gasteiger partial charge on any atom is 0.245 e. The van der Waals surface area contributed by atoms with E-state index in [1.807, 2.05) is 4.57 Å². The quantitative estimate of drug-likeness (QED) is 0.105. The van der Waals surface area contributed by atoms with Crippen LogP contribution in [-0.2, 0) is 32.1 Å². The number of nitrogens with zero attached hydrogens (tertiary/aromatic N) is 4. The number of nitrogens with one attached hydrogen (secondary N) is 5. The maximum absolute atomic E-state index is 15.7. The number of alkyl halides is 2. The van der Waals surface area contributed by atoms with Crippen LogP contribution in [0.5, 0.6) is 0 Å². The van der Waals surface area contributed by atoms with Crippen molar-refractivity contribution in [3.8, 4) is 11.5 Å². The molecule has 4 aromatic rings.